The first-order valence-electron chi connectivity index (χ1n) is 5.63. The molecule has 0 spiro atoms. The number of carbonyl (C=O) groups excluding carboxylic acids is 1. The summed E-state index contributed by atoms with van der Waals surface area (Å²) in [5.74, 6) is -0.490. The van der Waals surface area contributed by atoms with Crippen LogP contribution in [0.4, 0.5) is 0 Å². The number of allylic oxidation sites excluding steroid dienone is 1. The Labute approximate surface area is 105 Å². The van der Waals surface area contributed by atoms with Crippen LogP contribution in [0.15, 0.2) is 27.8 Å². The van der Waals surface area contributed by atoms with Gasteiger partial charge in [0.25, 0.3) is 11.5 Å². The van der Waals surface area contributed by atoms with Crippen molar-refractivity contribution in [2.24, 2.45) is 0 Å². The van der Waals surface area contributed by atoms with Gasteiger partial charge in [0.1, 0.15) is 0 Å². The molecule has 5 nitrogen and oxygen atoms in total. The van der Waals surface area contributed by atoms with Crippen LogP contribution in [-0.2, 0) is 5.54 Å². The standard InChI is InChI=1S/C13H18N2O3/c1-8(2)11(17)14-9(3)7-10(16)15(12(14)18)13(4,5)6/h7H,1H2,2-6H3. The van der Waals surface area contributed by atoms with E-state index in [1.807, 2.05) is 0 Å². The first-order chi connectivity index (χ1) is 8.07. The third kappa shape index (κ3) is 2.34. The van der Waals surface area contributed by atoms with Crippen molar-refractivity contribution in [2.45, 2.75) is 40.2 Å². The Bertz CT molecular complexity index is 627. The number of carbonyl (C=O) groups is 1. The van der Waals surface area contributed by atoms with Crippen molar-refractivity contribution >= 4 is 5.91 Å². The fraction of sp³-hybridized carbons (Fsp3) is 0.462. The summed E-state index contributed by atoms with van der Waals surface area (Å²) in [7, 11) is 0. The van der Waals surface area contributed by atoms with Crippen LogP contribution in [-0.4, -0.2) is 15.0 Å². The topological polar surface area (TPSA) is 61.1 Å². The van der Waals surface area contributed by atoms with Gasteiger partial charge in [-0.1, -0.05) is 6.58 Å². The highest BCUT2D eigenvalue weighted by Crippen LogP contribution is 2.08. The van der Waals surface area contributed by atoms with Crippen molar-refractivity contribution in [1.29, 1.82) is 0 Å². The van der Waals surface area contributed by atoms with E-state index < -0.39 is 22.7 Å². The van der Waals surface area contributed by atoms with E-state index in [0.29, 0.717) is 5.69 Å². The monoisotopic (exact) mass is 250 g/mol. The highest BCUT2D eigenvalue weighted by atomic mass is 16.2. The SMILES string of the molecule is C=C(C)C(=O)n1c(C)cc(=O)n(C(C)(C)C)c1=O. The Morgan fingerprint density at radius 2 is 1.78 bits per heavy atom. The summed E-state index contributed by atoms with van der Waals surface area (Å²) >= 11 is 0. The second-order valence-corrected chi connectivity index (χ2v) is 5.33. The molecule has 0 atom stereocenters. The average molecular weight is 250 g/mol. The van der Waals surface area contributed by atoms with Gasteiger partial charge in [0.2, 0.25) is 0 Å². The lowest BCUT2D eigenvalue weighted by molar-refractivity contribution is 0.0943. The predicted molar refractivity (Wildman–Crippen MR) is 70.1 cm³/mol. The number of hydrogen-bond acceptors (Lipinski definition) is 3. The lowest BCUT2D eigenvalue weighted by Gasteiger charge is -2.22. The van der Waals surface area contributed by atoms with E-state index in [2.05, 4.69) is 6.58 Å². The second kappa shape index (κ2) is 4.40. The minimum Gasteiger partial charge on any atom is -0.269 e. The van der Waals surface area contributed by atoms with Crippen molar-refractivity contribution in [3.8, 4) is 0 Å². The minimum absolute atomic E-state index is 0.249. The van der Waals surface area contributed by atoms with E-state index in [1.54, 1.807) is 27.7 Å². The molecule has 98 valence electrons. The smallest absolute Gasteiger partial charge is 0.269 e. The van der Waals surface area contributed by atoms with Gasteiger partial charge in [-0.3, -0.25) is 14.2 Å². The van der Waals surface area contributed by atoms with Gasteiger partial charge >= 0.3 is 5.69 Å². The zero-order valence-electron chi connectivity index (χ0n) is 11.4. The Balaban J connectivity index is 3.78. The summed E-state index contributed by atoms with van der Waals surface area (Å²) in [6.45, 7) is 11.8. The van der Waals surface area contributed by atoms with Gasteiger partial charge in [0, 0.05) is 22.9 Å². The molecule has 1 aromatic rings. The summed E-state index contributed by atoms with van der Waals surface area (Å²) in [6.07, 6.45) is 0. The molecule has 0 saturated carbocycles. The van der Waals surface area contributed by atoms with E-state index >= 15 is 0 Å². The summed E-state index contributed by atoms with van der Waals surface area (Å²) in [6, 6.07) is 1.29. The maximum atomic E-state index is 12.3. The molecule has 5 heteroatoms. The molecule has 0 saturated heterocycles. The Morgan fingerprint density at radius 3 is 2.17 bits per heavy atom. The van der Waals surface area contributed by atoms with Crippen LogP contribution in [0.1, 0.15) is 38.2 Å². The summed E-state index contributed by atoms with van der Waals surface area (Å²) in [5, 5.41) is 0. The molecule has 0 N–H and O–H groups in total. The number of nitrogens with zero attached hydrogens (tertiary/aromatic N) is 2. The first-order valence-corrected chi connectivity index (χ1v) is 5.63. The molecule has 0 aliphatic rings. The first kappa shape index (κ1) is 14.2. The highest BCUT2D eigenvalue weighted by molar-refractivity contribution is 5.94. The highest BCUT2D eigenvalue weighted by Gasteiger charge is 2.22. The van der Waals surface area contributed by atoms with Gasteiger partial charge in [-0.15, -0.1) is 0 Å². The van der Waals surface area contributed by atoms with E-state index in [0.717, 1.165) is 9.13 Å². The molecule has 1 aromatic heterocycles. The van der Waals surface area contributed by atoms with Crippen molar-refractivity contribution < 1.29 is 4.79 Å². The van der Waals surface area contributed by atoms with Crippen LogP contribution < -0.4 is 11.2 Å². The molecular formula is C13H18N2O3. The third-order valence-electron chi connectivity index (χ3n) is 2.53. The minimum atomic E-state index is -0.682. The van der Waals surface area contributed by atoms with Crippen molar-refractivity contribution in [3.63, 3.8) is 0 Å². The van der Waals surface area contributed by atoms with Crippen LogP contribution in [0.3, 0.4) is 0 Å². The summed E-state index contributed by atoms with van der Waals surface area (Å²) in [4.78, 5) is 36.1. The average Bonchev–Trinajstić information content (AvgIpc) is 2.13. The van der Waals surface area contributed by atoms with Gasteiger partial charge in [0.15, 0.2) is 0 Å². The van der Waals surface area contributed by atoms with Crippen LogP contribution in [0.5, 0.6) is 0 Å². The number of hydrogen-bond donors (Lipinski definition) is 0. The van der Waals surface area contributed by atoms with Gasteiger partial charge in [-0.2, -0.15) is 0 Å². The molecule has 0 aliphatic heterocycles. The normalized spacial score (nSPS) is 11.4. The molecule has 0 radical (unpaired) electrons. The number of aromatic nitrogens is 2. The van der Waals surface area contributed by atoms with Crippen LogP contribution >= 0.6 is 0 Å². The predicted octanol–water partition coefficient (Wildman–Crippen LogP) is 1.29. The molecule has 0 aromatic carbocycles. The molecule has 0 bridgehead atoms. The van der Waals surface area contributed by atoms with Gasteiger partial charge in [-0.25, -0.2) is 9.36 Å². The van der Waals surface area contributed by atoms with Crippen molar-refractivity contribution in [3.05, 3.63) is 44.8 Å². The van der Waals surface area contributed by atoms with Crippen molar-refractivity contribution in [1.82, 2.24) is 9.13 Å². The van der Waals surface area contributed by atoms with E-state index in [-0.39, 0.29) is 5.57 Å². The zero-order chi connectivity index (χ0) is 14.2. The third-order valence-corrected chi connectivity index (χ3v) is 2.53. The second-order valence-electron chi connectivity index (χ2n) is 5.33. The maximum absolute atomic E-state index is 12.3. The van der Waals surface area contributed by atoms with Gasteiger partial charge < -0.3 is 0 Å². The molecule has 0 fully saturated rings. The number of aryl methyl sites for hydroxylation is 1. The van der Waals surface area contributed by atoms with Crippen LogP contribution in [0, 0.1) is 6.92 Å². The number of rotatable bonds is 1. The molecule has 18 heavy (non-hydrogen) atoms. The Morgan fingerprint density at radius 1 is 1.28 bits per heavy atom. The Hall–Kier alpha value is -1.91. The molecule has 0 unspecified atom stereocenters. The molecule has 0 amide bonds. The fourth-order valence-electron chi connectivity index (χ4n) is 1.71. The maximum Gasteiger partial charge on any atom is 0.338 e. The fourth-order valence-corrected chi connectivity index (χ4v) is 1.71. The van der Waals surface area contributed by atoms with E-state index in [4.69, 9.17) is 0 Å². The summed E-state index contributed by atoms with van der Waals surface area (Å²) < 4.78 is 2.05. The van der Waals surface area contributed by atoms with Crippen molar-refractivity contribution in [2.75, 3.05) is 0 Å². The van der Waals surface area contributed by atoms with Gasteiger partial charge in [-0.05, 0) is 34.6 Å². The lowest BCUT2D eigenvalue weighted by atomic mass is 10.1. The van der Waals surface area contributed by atoms with Crippen LogP contribution in [0.25, 0.3) is 0 Å². The summed E-state index contributed by atoms with van der Waals surface area (Å²) in [5.41, 5.74) is -1.15. The molecule has 1 heterocycles. The zero-order valence-corrected chi connectivity index (χ0v) is 11.4. The van der Waals surface area contributed by atoms with Gasteiger partial charge in [0.05, 0.1) is 0 Å². The van der Waals surface area contributed by atoms with E-state index in [1.165, 1.54) is 13.0 Å². The lowest BCUT2D eigenvalue weighted by Crippen LogP contribution is -2.49. The largest absolute Gasteiger partial charge is 0.338 e. The Kier molecular flexibility index (Phi) is 3.46. The molecular weight excluding hydrogens is 232 g/mol. The molecule has 0 aliphatic carbocycles. The van der Waals surface area contributed by atoms with Crippen LogP contribution in [0.2, 0.25) is 0 Å². The quantitative estimate of drug-likeness (QED) is 0.706. The van der Waals surface area contributed by atoms with E-state index in [9.17, 15) is 14.4 Å². The molecule has 1 rings (SSSR count).